The largest absolute Gasteiger partial charge is 0.310 e. The van der Waals surface area contributed by atoms with E-state index in [0.717, 1.165) is 18.5 Å². The summed E-state index contributed by atoms with van der Waals surface area (Å²) in [5.74, 6) is 0.504. The Morgan fingerprint density at radius 3 is 2.70 bits per heavy atom. The van der Waals surface area contributed by atoms with E-state index < -0.39 is 0 Å². The molecule has 0 spiro atoms. The maximum atomic E-state index is 13.4. The molecule has 0 heterocycles. The second-order valence-corrected chi connectivity index (χ2v) is 6.92. The van der Waals surface area contributed by atoms with Gasteiger partial charge in [-0.15, -0.1) is 0 Å². The van der Waals surface area contributed by atoms with Crippen molar-refractivity contribution in [2.75, 3.05) is 6.54 Å². The molecule has 1 aromatic rings. The number of benzene rings is 1. The SMILES string of the molecule is CCCNC(c1ccc(F)cc1C)C1CCCC1(C)C. The van der Waals surface area contributed by atoms with Gasteiger partial charge in [0.1, 0.15) is 5.82 Å². The molecule has 112 valence electrons. The molecule has 0 saturated heterocycles. The third kappa shape index (κ3) is 3.22. The van der Waals surface area contributed by atoms with Crippen molar-refractivity contribution in [3.8, 4) is 0 Å². The predicted octanol–water partition coefficient (Wildman–Crippen LogP) is 5.00. The van der Waals surface area contributed by atoms with Crippen molar-refractivity contribution in [2.45, 2.75) is 59.4 Å². The van der Waals surface area contributed by atoms with E-state index in [9.17, 15) is 4.39 Å². The van der Waals surface area contributed by atoms with Crippen molar-refractivity contribution in [1.29, 1.82) is 0 Å². The van der Waals surface area contributed by atoms with Crippen LogP contribution in [-0.4, -0.2) is 6.54 Å². The van der Waals surface area contributed by atoms with Crippen LogP contribution in [0, 0.1) is 24.1 Å². The molecule has 0 aromatic heterocycles. The first-order valence-corrected chi connectivity index (χ1v) is 7.95. The molecule has 1 aromatic carbocycles. The third-order valence-electron chi connectivity index (χ3n) is 4.92. The molecular weight excluding hydrogens is 249 g/mol. The maximum absolute atomic E-state index is 13.4. The Labute approximate surface area is 123 Å². The monoisotopic (exact) mass is 277 g/mol. The fraction of sp³-hybridized carbons (Fsp3) is 0.667. The number of rotatable bonds is 5. The molecule has 0 amide bonds. The van der Waals surface area contributed by atoms with Gasteiger partial charge < -0.3 is 5.32 Å². The molecule has 1 aliphatic rings. The molecule has 1 N–H and O–H groups in total. The van der Waals surface area contributed by atoms with Crippen LogP contribution >= 0.6 is 0 Å². The van der Waals surface area contributed by atoms with Crippen LogP contribution in [0.4, 0.5) is 4.39 Å². The van der Waals surface area contributed by atoms with Gasteiger partial charge in [0.25, 0.3) is 0 Å². The Morgan fingerprint density at radius 2 is 2.15 bits per heavy atom. The quantitative estimate of drug-likeness (QED) is 0.798. The summed E-state index contributed by atoms with van der Waals surface area (Å²) in [6, 6.07) is 5.60. The van der Waals surface area contributed by atoms with Gasteiger partial charge in [-0.2, -0.15) is 0 Å². The van der Waals surface area contributed by atoms with Crippen molar-refractivity contribution in [1.82, 2.24) is 5.32 Å². The van der Waals surface area contributed by atoms with Gasteiger partial charge in [0.05, 0.1) is 0 Å². The zero-order valence-corrected chi connectivity index (χ0v) is 13.3. The Kier molecular flexibility index (Phi) is 4.85. The summed E-state index contributed by atoms with van der Waals surface area (Å²) in [4.78, 5) is 0. The van der Waals surface area contributed by atoms with Gasteiger partial charge in [-0.1, -0.05) is 33.3 Å². The molecule has 1 aliphatic carbocycles. The second-order valence-electron chi connectivity index (χ2n) is 6.92. The van der Waals surface area contributed by atoms with Crippen molar-refractivity contribution in [3.05, 3.63) is 35.1 Å². The Bertz CT molecular complexity index is 453. The van der Waals surface area contributed by atoms with E-state index in [-0.39, 0.29) is 5.82 Å². The normalized spacial score (nSPS) is 22.9. The molecule has 2 heteroatoms. The molecule has 2 rings (SSSR count). The molecule has 20 heavy (non-hydrogen) atoms. The molecule has 0 aliphatic heterocycles. The highest BCUT2D eigenvalue weighted by Crippen LogP contribution is 2.49. The van der Waals surface area contributed by atoms with Crippen LogP contribution in [0.15, 0.2) is 18.2 Å². The topological polar surface area (TPSA) is 12.0 Å². The maximum Gasteiger partial charge on any atom is 0.123 e. The average molecular weight is 277 g/mol. The zero-order valence-electron chi connectivity index (χ0n) is 13.3. The van der Waals surface area contributed by atoms with Gasteiger partial charge in [0, 0.05) is 6.04 Å². The zero-order chi connectivity index (χ0) is 14.8. The minimum absolute atomic E-state index is 0.133. The Morgan fingerprint density at radius 1 is 1.40 bits per heavy atom. The van der Waals surface area contributed by atoms with Crippen LogP contribution in [-0.2, 0) is 0 Å². The average Bonchev–Trinajstić information content (AvgIpc) is 2.72. The number of aryl methyl sites for hydroxylation is 1. The first-order valence-electron chi connectivity index (χ1n) is 7.95. The van der Waals surface area contributed by atoms with Crippen LogP contribution in [0.5, 0.6) is 0 Å². The van der Waals surface area contributed by atoms with Crippen LogP contribution in [0.2, 0.25) is 0 Å². The lowest BCUT2D eigenvalue weighted by Crippen LogP contribution is -2.34. The highest BCUT2D eigenvalue weighted by atomic mass is 19.1. The molecule has 1 fully saturated rings. The summed E-state index contributed by atoms with van der Waals surface area (Å²) >= 11 is 0. The van der Waals surface area contributed by atoms with E-state index in [0.29, 0.717) is 17.4 Å². The Hall–Kier alpha value is -0.890. The summed E-state index contributed by atoms with van der Waals surface area (Å²) in [6.07, 6.45) is 5.00. The number of halogens is 1. The summed E-state index contributed by atoms with van der Waals surface area (Å²) in [5.41, 5.74) is 2.72. The van der Waals surface area contributed by atoms with Gasteiger partial charge in [0.2, 0.25) is 0 Å². The summed E-state index contributed by atoms with van der Waals surface area (Å²) in [5, 5.41) is 3.72. The predicted molar refractivity (Wildman–Crippen MR) is 83.3 cm³/mol. The van der Waals surface area contributed by atoms with Crippen LogP contribution in [0.1, 0.15) is 63.6 Å². The number of nitrogens with one attached hydrogen (secondary N) is 1. The molecule has 2 atom stereocenters. The summed E-state index contributed by atoms with van der Waals surface area (Å²) < 4.78 is 13.4. The van der Waals surface area contributed by atoms with Crippen LogP contribution in [0.25, 0.3) is 0 Å². The molecule has 0 bridgehead atoms. The van der Waals surface area contributed by atoms with Crippen LogP contribution in [0.3, 0.4) is 0 Å². The van der Waals surface area contributed by atoms with Crippen molar-refractivity contribution < 1.29 is 4.39 Å². The van der Waals surface area contributed by atoms with Gasteiger partial charge in [-0.05, 0) is 67.3 Å². The van der Waals surface area contributed by atoms with Crippen molar-refractivity contribution in [2.24, 2.45) is 11.3 Å². The van der Waals surface area contributed by atoms with E-state index in [4.69, 9.17) is 0 Å². The van der Waals surface area contributed by atoms with Gasteiger partial charge in [-0.25, -0.2) is 4.39 Å². The van der Waals surface area contributed by atoms with Crippen molar-refractivity contribution >= 4 is 0 Å². The molecule has 0 radical (unpaired) electrons. The highest BCUT2D eigenvalue weighted by molar-refractivity contribution is 5.30. The fourth-order valence-electron chi connectivity index (χ4n) is 3.73. The van der Waals surface area contributed by atoms with E-state index in [2.05, 4.69) is 26.1 Å². The highest BCUT2D eigenvalue weighted by Gasteiger charge is 2.40. The Balaban J connectivity index is 2.31. The van der Waals surface area contributed by atoms with Crippen molar-refractivity contribution in [3.63, 3.8) is 0 Å². The molecular formula is C18H28FN. The van der Waals surface area contributed by atoms with Crippen LogP contribution < -0.4 is 5.32 Å². The molecule has 2 unspecified atom stereocenters. The second kappa shape index (κ2) is 6.26. The van der Waals surface area contributed by atoms with Gasteiger partial charge >= 0.3 is 0 Å². The summed E-state index contributed by atoms with van der Waals surface area (Å²) in [6.45, 7) is 10.0. The number of hydrogen-bond donors (Lipinski definition) is 1. The molecule has 1 saturated carbocycles. The third-order valence-corrected chi connectivity index (χ3v) is 4.92. The minimum atomic E-state index is -0.133. The van der Waals surface area contributed by atoms with Gasteiger partial charge in [-0.3, -0.25) is 0 Å². The lowest BCUT2D eigenvalue weighted by Gasteiger charge is -2.36. The van der Waals surface area contributed by atoms with E-state index >= 15 is 0 Å². The van der Waals surface area contributed by atoms with E-state index in [1.165, 1.54) is 24.8 Å². The minimum Gasteiger partial charge on any atom is -0.310 e. The first-order chi connectivity index (χ1) is 9.45. The van der Waals surface area contributed by atoms with E-state index in [1.807, 2.05) is 13.0 Å². The van der Waals surface area contributed by atoms with E-state index in [1.54, 1.807) is 12.1 Å². The standard InChI is InChI=1S/C18H28FN/c1-5-11-20-17(16-7-6-10-18(16,3)4)15-9-8-14(19)12-13(15)2/h8-9,12,16-17,20H,5-7,10-11H2,1-4H3. The lowest BCUT2D eigenvalue weighted by atomic mass is 9.74. The smallest absolute Gasteiger partial charge is 0.123 e. The number of hydrogen-bond acceptors (Lipinski definition) is 1. The molecule has 1 nitrogen and oxygen atoms in total. The van der Waals surface area contributed by atoms with Gasteiger partial charge in [0.15, 0.2) is 0 Å². The lowest BCUT2D eigenvalue weighted by molar-refractivity contribution is 0.197. The summed E-state index contributed by atoms with van der Waals surface area (Å²) in [7, 11) is 0. The fourth-order valence-corrected chi connectivity index (χ4v) is 3.73. The first kappa shape index (κ1) is 15.5.